The fourth-order valence-electron chi connectivity index (χ4n) is 1.33. The fourth-order valence-corrected chi connectivity index (χ4v) is 1.33. The Kier molecular flexibility index (Phi) is 2.04. The Morgan fingerprint density at radius 2 is 2.14 bits per heavy atom. The highest BCUT2D eigenvalue weighted by Crippen LogP contribution is 2.18. The molecule has 0 fully saturated rings. The summed E-state index contributed by atoms with van der Waals surface area (Å²) in [5, 5.41) is 0.571. The van der Waals surface area contributed by atoms with Crippen LogP contribution in [0.25, 0.3) is 10.9 Å². The normalized spacial score (nSPS) is 10.7. The third kappa shape index (κ3) is 1.39. The minimum atomic E-state index is -0.322. The van der Waals surface area contributed by atoms with E-state index in [1.807, 2.05) is 6.92 Å². The topological polar surface area (TPSA) is 51.8 Å². The number of aromatic nitrogens is 2. The van der Waals surface area contributed by atoms with Gasteiger partial charge in [-0.15, -0.1) is 0 Å². The molecule has 2 N–H and O–H groups in total. The van der Waals surface area contributed by atoms with Crippen LogP contribution in [0.4, 0.5) is 10.2 Å². The number of hydrogen-bond donors (Lipinski definition) is 1. The molecule has 3 nitrogen and oxygen atoms in total. The summed E-state index contributed by atoms with van der Waals surface area (Å²) in [6.07, 6.45) is 0.720. The summed E-state index contributed by atoms with van der Waals surface area (Å²) < 4.78 is 12.9. The number of aryl methyl sites for hydroxylation is 1. The van der Waals surface area contributed by atoms with Crippen LogP contribution in [0, 0.1) is 5.82 Å². The van der Waals surface area contributed by atoms with Crippen LogP contribution in [-0.2, 0) is 6.42 Å². The molecule has 1 aromatic carbocycles. The lowest BCUT2D eigenvalue weighted by molar-refractivity contribution is 0.629. The van der Waals surface area contributed by atoms with Gasteiger partial charge in [0.1, 0.15) is 17.5 Å². The predicted molar refractivity (Wildman–Crippen MR) is 53.3 cm³/mol. The SMILES string of the molecule is CCc1nc(N)c2cc(F)ccc2n1. The summed E-state index contributed by atoms with van der Waals surface area (Å²) in [5.41, 5.74) is 6.37. The maximum Gasteiger partial charge on any atom is 0.135 e. The molecule has 0 saturated carbocycles. The standard InChI is InChI=1S/C10H10FN3/c1-2-9-13-8-4-3-6(11)5-7(8)10(12)14-9/h3-5H,2H2,1H3,(H2,12,13,14). The molecular weight excluding hydrogens is 181 g/mol. The highest BCUT2D eigenvalue weighted by Gasteiger charge is 2.04. The van der Waals surface area contributed by atoms with Gasteiger partial charge in [-0.25, -0.2) is 14.4 Å². The third-order valence-electron chi connectivity index (χ3n) is 2.05. The molecule has 0 saturated heterocycles. The molecule has 72 valence electrons. The molecule has 1 aromatic heterocycles. The van der Waals surface area contributed by atoms with Gasteiger partial charge >= 0.3 is 0 Å². The highest BCUT2D eigenvalue weighted by molar-refractivity contribution is 5.87. The number of nitrogens with zero attached hydrogens (tertiary/aromatic N) is 2. The van der Waals surface area contributed by atoms with Crippen LogP contribution < -0.4 is 5.73 Å². The largest absolute Gasteiger partial charge is 0.383 e. The van der Waals surface area contributed by atoms with Crippen molar-refractivity contribution in [2.75, 3.05) is 5.73 Å². The Morgan fingerprint density at radius 1 is 1.36 bits per heavy atom. The van der Waals surface area contributed by atoms with E-state index in [0.717, 1.165) is 6.42 Å². The van der Waals surface area contributed by atoms with Crippen LogP contribution in [0.15, 0.2) is 18.2 Å². The number of hydrogen-bond acceptors (Lipinski definition) is 3. The Morgan fingerprint density at radius 3 is 2.86 bits per heavy atom. The van der Waals surface area contributed by atoms with Crippen molar-refractivity contribution in [1.82, 2.24) is 9.97 Å². The summed E-state index contributed by atoms with van der Waals surface area (Å²) in [6.45, 7) is 1.95. The Bertz CT molecular complexity index is 482. The Hall–Kier alpha value is -1.71. The zero-order valence-corrected chi connectivity index (χ0v) is 7.79. The van der Waals surface area contributed by atoms with Gasteiger partial charge in [0.05, 0.1) is 5.52 Å². The number of rotatable bonds is 1. The molecule has 0 spiro atoms. The van der Waals surface area contributed by atoms with Crippen LogP contribution in [0.5, 0.6) is 0 Å². The van der Waals surface area contributed by atoms with Crippen molar-refractivity contribution in [2.45, 2.75) is 13.3 Å². The molecule has 4 heteroatoms. The first-order valence-corrected chi connectivity index (χ1v) is 4.42. The first kappa shape index (κ1) is 8.87. The fraction of sp³-hybridized carbons (Fsp3) is 0.200. The lowest BCUT2D eigenvalue weighted by Crippen LogP contribution is -2.00. The maximum absolute atomic E-state index is 12.9. The van der Waals surface area contributed by atoms with E-state index in [-0.39, 0.29) is 5.82 Å². The van der Waals surface area contributed by atoms with E-state index in [2.05, 4.69) is 9.97 Å². The second-order valence-electron chi connectivity index (χ2n) is 3.04. The first-order valence-electron chi connectivity index (χ1n) is 4.42. The maximum atomic E-state index is 12.9. The van der Waals surface area contributed by atoms with Crippen LogP contribution in [-0.4, -0.2) is 9.97 Å². The molecule has 2 rings (SSSR count). The molecule has 0 aliphatic heterocycles. The van der Waals surface area contributed by atoms with E-state index in [1.54, 1.807) is 6.07 Å². The van der Waals surface area contributed by atoms with Crippen molar-refractivity contribution in [3.05, 3.63) is 29.8 Å². The molecular formula is C10H10FN3. The number of anilines is 1. The molecule has 0 bridgehead atoms. The van der Waals surface area contributed by atoms with Gasteiger partial charge in [-0.05, 0) is 18.2 Å². The van der Waals surface area contributed by atoms with Crippen molar-refractivity contribution in [3.63, 3.8) is 0 Å². The third-order valence-corrected chi connectivity index (χ3v) is 2.05. The van der Waals surface area contributed by atoms with E-state index < -0.39 is 0 Å². The quantitative estimate of drug-likeness (QED) is 0.749. The smallest absolute Gasteiger partial charge is 0.135 e. The monoisotopic (exact) mass is 191 g/mol. The van der Waals surface area contributed by atoms with E-state index in [1.165, 1.54) is 12.1 Å². The molecule has 14 heavy (non-hydrogen) atoms. The van der Waals surface area contributed by atoms with Gasteiger partial charge in [0.15, 0.2) is 0 Å². The van der Waals surface area contributed by atoms with Crippen molar-refractivity contribution in [3.8, 4) is 0 Å². The lowest BCUT2D eigenvalue weighted by atomic mass is 10.2. The van der Waals surface area contributed by atoms with Gasteiger partial charge in [-0.1, -0.05) is 6.92 Å². The molecule has 0 unspecified atom stereocenters. The number of nitrogen functional groups attached to an aromatic ring is 1. The second-order valence-corrected chi connectivity index (χ2v) is 3.04. The minimum absolute atomic E-state index is 0.322. The van der Waals surface area contributed by atoms with Gasteiger partial charge < -0.3 is 5.73 Å². The van der Waals surface area contributed by atoms with Gasteiger partial charge in [-0.3, -0.25) is 0 Å². The molecule has 0 amide bonds. The van der Waals surface area contributed by atoms with Crippen molar-refractivity contribution in [2.24, 2.45) is 0 Å². The molecule has 0 atom stereocenters. The average molecular weight is 191 g/mol. The summed E-state index contributed by atoms with van der Waals surface area (Å²) in [7, 11) is 0. The summed E-state index contributed by atoms with van der Waals surface area (Å²) in [6, 6.07) is 4.33. The van der Waals surface area contributed by atoms with Crippen LogP contribution in [0.1, 0.15) is 12.7 Å². The summed E-state index contributed by atoms with van der Waals surface area (Å²) in [5.74, 6) is 0.699. The molecule has 0 aliphatic carbocycles. The van der Waals surface area contributed by atoms with E-state index >= 15 is 0 Å². The van der Waals surface area contributed by atoms with E-state index in [0.29, 0.717) is 22.5 Å². The van der Waals surface area contributed by atoms with Crippen molar-refractivity contribution in [1.29, 1.82) is 0 Å². The van der Waals surface area contributed by atoms with Crippen molar-refractivity contribution >= 4 is 16.7 Å². The molecule has 0 aliphatic rings. The number of benzene rings is 1. The summed E-state index contributed by atoms with van der Waals surface area (Å²) in [4.78, 5) is 8.30. The van der Waals surface area contributed by atoms with E-state index in [9.17, 15) is 4.39 Å². The van der Waals surface area contributed by atoms with Gasteiger partial charge in [0.25, 0.3) is 0 Å². The Balaban J connectivity index is 2.76. The Labute approximate surface area is 80.8 Å². The van der Waals surface area contributed by atoms with Crippen LogP contribution in [0.3, 0.4) is 0 Å². The predicted octanol–water partition coefficient (Wildman–Crippen LogP) is 1.91. The van der Waals surface area contributed by atoms with Gasteiger partial charge in [0, 0.05) is 11.8 Å². The number of halogens is 1. The van der Waals surface area contributed by atoms with Gasteiger partial charge in [-0.2, -0.15) is 0 Å². The number of fused-ring (bicyclic) bond motifs is 1. The van der Waals surface area contributed by atoms with Crippen molar-refractivity contribution < 1.29 is 4.39 Å². The lowest BCUT2D eigenvalue weighted by Gasteiger charge is -2.03. The zero-order chi connectivity index (χ0) is 10.1. The molecule has 1 heterocycles. The average Bonchev–Trinajstić information content (AvgIpc) is 2.19. The van der Waals surface area contributed by atoms with Crippen LogP contribution in [0.2, 0.25) is 0 Å². The molecule has 2 aromatic rings. The first-order chi connectivity index (χ1) is 6.70. The zero-order valence-electron chi connectivity index (χ0n) is 7.79. The second kappa shape index (κ2) is 3.21. The van der Waals surface area contributed by atoms with E-state index in [4.69, 9.17) is 5.73 Å². The highest BCUT2D eigenvalue weighted by atomic mass is 19.1. The minimum Gasteiger partial charge on any atom is -0.383 e. The summed E-state index contributed by atoms with van der Waals surface area (Å²) >= 11 is 0. The van der Waals surface area contributed by atoms with Crippen LogP contribution >= 0.6 is 0 Å². The molecule has 0 radical (unpaired) electrons. The van der Waals surface area contributed by atoms with Gasteiger partial charge in [0.2, 0.25) is 0 Å². The number of nitrogens with two attached hydrogens (primary N) is 1.